The molecule has 3 aliphatic heterocycles. The first-order valence-corrected chi connectivity index (χ1v) is 10.5. The molecule has 0 saturated carbocycles. The van der Waals surface area contributed by atoms with E-state index in [4.69, 9.17) is 4.74 Å². The van der Waals surface area contributed by atoms with Crippen molar-refractivity contribution in [3.05, 3.63) is 17.8 Å². The number of piperidine rings is 1. The first-order chi connectivity index (χ1) is 14.0. The summed E-state index contributed by atoms with van der Waals surface area (Å²) in [6.07, 6.45) is 5.87. The number of hydrogen-bond acceptors (Lipinski definition) is 6. The third-order valence-electron chi connectivity index (χ3n) is 6.54. The lowest BCUT2D eigenvalue weighted by molar-refractivity contribution is -0.139. The van der Waals surface area contributed by atoms with E-state index in [1.165, 1.54) is 7.11 Å². The van der Waals surface area contributed by atoms with E-state index in [-0.39, 0.29) is 5.41 Å². The number of nitrogens with zero attached hydrogens (tertiary/aromatic N) is 3. The molecule has 3 fully saturated rings. The van der Waals surface area contributed by atoms with E-state index in [2.05, 4.69) is 24.8 Å². The molecule has 4 heterocycles. The lowest BCUT2D eigenvalue weighted by Crippen LogP contribution is -2.50. The number of aryl methyl sites for hydroxylation is 1. The fourth-order valence-corrected chi connectivity index (χ4v) is 5.02. The van der Waals surface area contributed by atoms with Crippen molar-refractivity contribution in [3.63, 3.8) is 0 Å². The number of pyridine rings is 1. The van der Waals surface area contributed by atoms with Crippen LogP contribution in [0, 0.1) is 12.3 Å². The van der Waals surface area contributed by atoms with E-state index in [1.807, 2.05) is 13.0 Å². The standard InChI is InChI=1S/C21H30N4O4/c1-15-12-16(23-20(27)28-2)13-22-18(15)24-8-3-6-21(14-24)7-9-25(19(21)26)17-4-10-29-11-5-17/h12-13,17H,3-11,14H2,1-2H3,(H,23,27)/t21-/m0/s1. The molecule has 8 heteroatoms. The molecule has 0 bridgehead atoms. The number of carbonyl (C=O) groups excluding carboxylic acids is 2. The van der Waals surface area contributed by atoms with Gasteiger partial charge in [-0.15, -0.1) is 0 Å². The summed E-state index contributed by atoms with van der Waals surface area (Å²) < 4.78 is 10.1. The van der Waals surface area contributed by atoms with Gasteiger partial charge in [0.1, 0.15) is 5.82 Å². The Morgan fingerprint density at radius 3 is 2.83 bits per heavy atom. The highest BCUT2D eigenvalue weighted by molar-refractivity contribution is 5.86. The summed E-state index contributed by atoms with van der Waals surface area (Å²) in [6.45, 7) is 5.95. The van der Waals surface area contributed by atoms with Crippen molar-refractivity contribution in [3.8, 4) is 0 Å². The fourth-order valence-electron chi connectivity index (χ4n) is 5.02. The van der Waals surface area contributed by atoms with Gasteiger partial charge in [-0.1, -0.05) is 0 Å². The van der Waals surface area contributed by atoms with Gasteiger partial charge in [0.2, 0.25) is 5.91 Å². The first-order valence-electron chi connectivity index (χ1n) is 10.5. The van der Waals surface area contributed by atoms with Gasteiger partial charge in [0.05, 0.1) is 24.4 Å². The molecule has 3 saturated heterocycles. The number of anilines is 2. The van der Waals surface area contributed by atoms with Crippen LogP contribution >= 0.6 is 0 Å². The predicted octanol–water partition coefficient (Wildman–Crippen LogP) is 2.57. The quantitative estimate of drug-likeness (QED) is 0.837. The largest absolute Gasteiger partial charge is 0.453 e. The maximum atomic E-state index is 13.4. The average Bonchev–Trinajstić information content (AvgIpc) is 3.04. The number of nitrogens with one attached hydrogen (secondary N) is 1. The summed E-state index contributed by atoms with van der Waals surface area (Å²) in [5.41, 5.74) is 1.28. The number of aromatic nitrogens is 1. The van der Waals surface area contributed by atoms with Gasteiger partial charge in [-0.25, -0.2) is 9.78 Å². The molecule has 1 aromatic heterocycles. The van der Waals surface area contributed by atoms with Crippen LogP contribution < -0.4 is 10.2 Å². The summed E-state index contributed by atoms with van der Waals surface area (Å²) >= 11 is 0. The van der Waals surface area contributed by atoms with Crippen molar-refractivity contribution in [2.24, 2.45) is 5.41 Å². The summed E-state index contributed by atoms with van der Waals surface area (Å²) in [7, 11) is 1.33. The number of amides is 2. The SMILES string of the molecule is COC(=O)Nc1cnc(N2CCC[C@]3(CCN(C4CCOCC4)C3=O)C2)c(C)c1. The highest BCUT2D eigenvalue weighted by Gasteiger charge is 2.50. The van der Waals surface area contributed by atoms with Crippen LogP contribution in [-0.4, -0.2) is 67.9 Å². The summed E-state index contributed by atoms with van der Waals surface area (Å²) in [5, 5.41) is 2.65. The van der Waals surface area contributed by atoms with Crippen LogP contribution in [0.5, 0.6) is 0 Å². The molecule has 0 unspecified atom stereocenters. The Kier molecular flexibility index (Phi) is 5.63. The number of methoxy groups -OCH3 is 1. The maximum absolute atomic E-state index is 13.4. The van der Waals surface area contributed by atoms with Gasteiger partial charge in [0.15, 0.2) is 0 Å². The molecule has 1 spiro atoms. The Hall–Kier alpha value is -2.35. The van der Waals surface area contributed by atoms with Gasteiger partial charge >= 0.3 is 6.09 Å². The Bertz CT molecular complexity index is 780. The van der Waals surface area contributed by atoms with Crippen LogP contribution in [-0.2, 0) is 14.3 Å². The van der Waals surface area contributed by atoms with Crippen molar-refractivity contribution in [2.45, 2.75) is 45.1 Å². The second kappa shape index (κ2) is 8.18. The van der Waals surface area contributed by atoms with Crippen LogP contribution in [0.1, 0.15) is 37.7 Å². The van der Waals surface area contributed by atoms with E-state index in [0.29, 0.717) is 24.2 Å². The smallest absolute Gasteiger partial charge is 0.411 e. The van der Waals surface area contributed by atoms with Crippen molar-refractivity contribution in [1.82, 2.24) is 9.88 Å². The number of carbonyl (C=O) groups is 2. The zero-order valence-corrected chi connectivity index (χ0v) is 17.3. The zero-order chi connectivity index (χ0) is 20.4. The first kappa shape index (κ1) is 19.9. The monoisotopic (exact) mass is 402 g/mol. The molecule has 158 valence electrons. The Morgan fingerprint density at radius 2 is 2.10 bits per heavy atom. The molecule has 2 amide bonds. The lowest BCUT2D eigenvalue weighted by Gasteiger charge is -2.41. The molecule has 3 aliphatic rings. The molecular weight excluding hydrogens is 372 g/mol. The van der Waals surface area contributed by atoms with Gasteiger partial charge in [-0.2, -0.15) is 0 Å². The van der Waals surface area contributed by atoms with Crippen LogP contribution in [0.4, 0.5) is 16.3 Å². The minimum absolute atomic E-state index is 0.298. The molecule has 0 aromatic carbocycles. The molecule has 0 radical (unpaired) electrons. The molecule has 1 atom stereocenters. The van der Waals surface area contributed by atoms with E-state index in [9.17, 15) is 9.59 Å². The van der Waals surface area contributed by atoms with Crippen LogP contribution in [0.3, 0.4) is 0 Å². The minimum Gasteiger partial charge on any atom is -0.453 e. The number of hydrogen-bond donors (Lipinski definition) is 1. The minimum atomic E-state index is -0.513. The van der Waals surface area contributed by atoms with E-state index < -0.39 is 6.09 Å². The van der Waals surface area contributed by atoms with Gasteiger partial charge < -0.3 is 19.3 Å². The number of rotatable bonds is 3. The van der Waals surface area contributed by atoms with Crippen LogP contribution in [0.2, 0.25) is 0 Å². The number of likely N-dealkylation sites (tertiary alicyclic amines) is 1. The zero-order valence-electron chi connectivity index (χ0n) is 17.3. The van der Waals surface area contributed by atoms with E-state index in [1.54, 1.807) is 6.20 Å². The van der Waals surface area contributed by atoms with Gasteiger partial charge in [0, 0.05) is 38.9 Å². The highest BCUT2D eigenvalue weighted by atomic mass is 16.5. The molecule has 0 aliphatic carbocycles. The lowest BCUT2D eigenvalue weighted by atomic mass is 9.78. The Labute approximate surface area is 171 Å². The van der Waals surface area contributed by atoms with Crippen molar-refractivity contribution in [2.75, 3.05) is 50.2 Å². The molecule has 4 rings (SSSR count). The topological polar surface area (TPSA) is 84.0 Å². The van der Waals surface area contributed by atoms with Gasteiger partial charge in [-0.05, 0) is 50.7 Å². The molecule has 1 aromatic rings. The van der Waals surface area contributed by atoms with Crippen LogP contribution in [0.25, 0.3) is 0 Å². The summed E-state index contributed by atoms with van der Waals surface area (Å²) in [4.78, 5) is 33.8. The Balaban J connectivity index is 1.48. The maximum Gasteiger partial charge on any atom is 0.411 e. The molecular formula is C21H30N4O4. The van der Waals surface area contributed by atoms with Crippen molar-refractivity contribution >= 4 is 23.5 Å². The van der Waals surface area contributed by atoms with Gasteiger partial charge in [0.25, 0.3) is 0 Å². The third kappa shape index (κ3) is 3.90. The highest BCUT2D eigenvalue weighted by Crippen LogP contribution is 2.43. The molecule has 1 N–H and O–H groups in total. The summed E-state index contributed by atoms with van der Waals surface area (Å²) in [5.74, 6) is 1.20. The van der Waals surface area contributed by atoms with Crippen LogP contribution in [0.15, 0.2) is 12.3 Å². The van der Waals surface area contributed by atoms with Crippen molar-refractivity contribution in [1.29, 1.82) is 0 Å². The summed E-state index contributed by atoms with van der Waals surface area (Å²) in [6, 6.07) is 2.22. The van der Waals surface area contributed by atoms with Crippen molar-refractivity contribution < 1.29 is 19.1 Å². The second-order valence-corrected chi connectivity index (χ2v) is 8.38. The van der Waals surface area contributed by atoms with E-state index in [0.717, 1.165) is 69.8 Å². The molecule has 8 nitrogen and oxygen atoms in total. The van der Waals surface area contributed by atoms with Gasteiger partial charge in [-0.3, -0.25) is 10.1 Å². The number of ether oxygens (including phenoxy) is 2. The predicted molar refractivity (Wildman–Crippen MR) is 109 cm³/mol. The average molecular weight is 402 g/mol. The third-order valence-corrected chi connectivity index (χ3v) is 6.54. The fraction of sp³-hybridized carbons (Fsp3) is 0.667. The molecule has 29 heavy (non-hydrogen) atoms. The van der Waals surface area contributed by atoms with E-state index >= 15 is 0 Å². The Morgan fingerprint density at radius 1 is 1.31 bits per heavy atom. The normalized spacial score (nSPS) is 25.5. The second-order valence-electron chi connectivity index (χ2n) is 8.38.